The molecule has 2 rings (SSSR count). The van der Waals surface area contributed by atoms with Crippen molar-refractivity contribution in [3.05, 3.63) is 47.2 Å². The predicted molar refractivity (Wildman–Crippen MR) is 98.4 cm³/mol. The number of hydrogen-bond donors (Lipinski definition) is 2. The van der Waals surface area contributed by atoms with Crippen LogP contribution < -0.4 is 15.5 Å². The molecule has 24 heavy (non-hydrogen) atoms. The standard InChI is InChI=1S/C18H27N5O/c1-6-19-18(21-12-17-22-13(2)14(3)24-17)20-11-15-7-9-16(10-8-15)23(4)5/h7-10H,6,11-12H2,1-5H3,(H2,19,20,21). The highest BCUT2D eigenvalue weighted by molar-refractivity contribution is 5.79. The van der Waals surface area contributed by atoms with Gasteiger partial charge in [-0.25, -0.2) is 9.98 Å². The molecule has 6 heteroatoms. The molecule has 0 saturated carbocycles. The number of nitrogens with one attached hydrogen (secondary N) is 2. The fourth-order valence-corrected chi connectivity index (χ4v) is 2.19. The van der Waals surface area contributed by atoms with E-state index in [1.807, 2.05) is 34.9 Å². The lowest BCUT2D eigenvalue weighted by atomic mass is 10.2. The molecular formula is C18H27N5O. The molecule has 0 unspecified atom stereocenters. The fourth-order valence-electron chi connectivity index (χ4n) is 2.19. The smallest absolute Gasteiger partial charge is 0.214 e. The third kappa shape index (κ3) is 5.01. The van der Waals surface area contributed by atoms with E-state index in [0.29, 0.717) is 19.0 Å². The number of rotatable bonds is 6. The van der Waals surface area contributed by atoms with E-state index in [1.54, 1.807) is 0 Å². The van der Waals surface area contributed by atoms with Gasteiger partial charge in [0.2, 0.25) is 5.89 Å². The number of aryl methyl sites for hydroxylation is 2. The van der Waals surface area contributed by atoms with Crippen LogP contribution in [0.1, 0.15) is 29.8 Å². The Hall–Kier alpha value is -2.50. The van der Waals surface area contributed by atoms with Crippen molar-refractivity contribution in [1.29, 1.82) is 0 Å². The van der Waals surface area contributed by atoms with Crippen LogP contribution in [0.25, 0.3) is 0 Å². The third-order valence-corrected chi connectivity index (χ3v) is 3.70. The van der Waals surface area contributed by atoms with Crippen LogP contribution in [0.3, 0.4) is 0 Å². The van der Waals surface area contributed by atoms with Gasteiger partial charge in [0.05, 0.1) is 18.8 Å². The molecule has 0 radical (unpaired) electrons. The maximum Gasteiger partial charge on any atom is 0.214 e. The average molecular weight is 329 g/mol. The fraction of sp³-hybridized carbons (Fsp3) is 0.444. The predicted octanol–water partition coefficient (Wildman–Crippen LogP) is 2.61. The van der Waals surface area contributed by atoms with Gasteiger partial charge in [-0.1, -0.05) is 12.1 Å². The molecule has 0 saturated heterocycles. The summed E-state index contributed by atoms with van der Waals surface area (Å²) in [4.78, 5) is 11.1. The van der Waals surface area contributed by atoms with Crippen molar-refractivity contribution < 1.29 is 4.42 Å². The van der Waals surface area contributed by atoms with Crippen LogP contribution in [-0.4, -0.2) is 31.6 Å². The molecule has 6 nitrogen and oxygen atoms in total. The van der Waals surface area contributed by atoms with Gasteiger partial charge in [0.25, 0.3) is 0 Å². The molecule has 0 aliphatic carbocycles. The highest BCUT2D eigenvalue weighted by atomic mass is 16.4. The van der Waals surface area contributed by atoms with Gasteiger partial charge in [-0.05, 0) is 38.5 Å². The highest BCUT2D eigenvalue weighted by Crippen LogP contribution is 2.12. The zero-order valence-electron chi connectivity index (χ0n) is 15.2. The Kier molecular flexibility index (Phi) is 6.23. The van der Waals surface area contributed by atoms with Gasteiger partial charge >= 0.3 is 0 Å². The van der Waals surface area contributed by atoms with E-state index in [0.717, 1.165) is 24.0 Å². The molecular weight excluding hydrogens is 302 g/mol. The van der Waals surface area contributed by atoms with E-state index in [9.17, 15) is 0 Å². The number of anilines is 1. The van der Waals surface area contributed by atoms with Crippen molar-refractivity contribution in [2.24, 2.45) is 4.99 Å². The van der Waals surface area contributed by atoms with Gasteiger partial charge in [-0.2, -0.15) is 0 Å². The van der Waals surface area contributed by atoms with E-state index in [2.05, 4.69) is 49.8 Å². The lowest BCUT2D eigenvalue weighted by molar-refractivity contribution is 0.463. The second kappa shape index (κ2) is 8.38. The summed E-state index contributed by atoms with van der Waals surface area (Å²) >= 11 is 0. The van der Waals surface area contributed by atoms with Crippen LogP contribution >= 0.6 is 0 Å². The summed E-state index contributed by atoms with van der Waals surface area (Å²) in [6, 6.07) is 8.40. The van der Waals surface area contributed by atoms with Crippen LogP contribution in [0.4, 0.5) is 5.69 Å². The van der Waals surface area contributed by atoms with Crippen molar-refractivity contribution in [3.8, 4) is 0 Å². The van der Waals surface area contributed by atoms with E-state index >= 15 is 0 Å². The molecule has 0 fully saturated rings. The van der Waals surface area contributed by atoms with Crippen molar-refractivity contribution >= 4 is 11.6 Å². The molecule has 1 aromatic carbocycles. The first kappa shape index (κ1) is 17.8. The Morgan fingerprint density at radius 3 is 2.42 bits per heavy atom. The summed E-state index contributed by atoms with van der Waals surface area (Å²) in [6.45, 7) is 7.84. The van der Waals surface area contributed by atoms with E-state index in [-0.39, 0.29) is 0 Å². The first-order chi connectivity index (χ1) is 11.5. The van der Waals surface area contributed by atoms with Gasteiger partial charge in [0.1, 0.15) is 5.76 Å². The molecule has 0 amide bonds. The van der Waals surface area contributed by atoms with Gasteiger partial charge in [0.15, 0.2) is 5.96 Å². The summed E-state index contributed by atoms with van der Waals surface area (Å²) in [5.74, 6) is 2.28. The van der Waals surface area contributed by atoms with Gasteiger partial charge in [0, 0.05) is 26.3 Å². The number of hydrogen-bond acceptors (Lipinski definition) is 4. The third-order valence-electron chi connectivity index (χ3n) is 3.70. The summed E-state index contributed by atoms with van der Waals surface area (Å²) < 4.78 is 5.58. The number of aromatic nitrogens is 1. The summed E-state index contributed by atoms with van der Waals surface area (Å²) in [7, 11) is 4.07. The lowest BCUT2D eigenvalue weighted by Crippen LogP contribution is -2.36. The number of oxazole rings is 1. The zero-order chi connectivity index (χ0) is 17.5. The molecule has 1 aromatic heterocycles. The van der Waals surface area contributed by atoms with Crippen LogP contribution in [0.5, 0.6) is 0 Å². The van der Waals surface area contributed by atoms with Crippen LogP contribution in [0.2, 0.25) is 0 Å². The number of nitrogens with zero attached hydrogens (tertiary/aromatic N) is 3. The van der Waals surface area contributed by atoms with Crippen molar-refractivity contribution in [2.45, 2.75) is 33.9 Å². The van der Waals surface area contributed by atoms with Crippen molar-refractivity contribution in [2.75, 3.05) is 25.5 Å². The molecule has 0 spiro atoms. The Labute approximate surface area is 144 Å². The molecule has 1 heterocycles. The number of aliphatic imine (C=N–C) groups is 1. The molecule has 0 aliphatic heterocycles. The monoisotopic (exact) mass is 329 g/mol. The zero-order valence-corrected chi connectivity index (χ0v) is 15.2. The van der Waals surface area contributed by atoms with Gasteiger partial charge in [-0.3, -0.25) is 0 Å². The second-order valence-corrected chi connectivity index (χ2v) is 5.86. The minimum Gasteiger partial charge on any atom is -0.444 e. The first-order valence-electron chi connectivity index (χ1n) is 8.21. The minimum atomic E-state index is 0.514. The summed E-state index contributed by atoms with van der Waals surface area (Å²) in [6.07, 6.45) is 0. The number of benzene rings is 1. The molecule has 0 aliphatic rings. The quantitative estimate of drug-likeness (QED) is 0.630. The van der Waals surface area contributed by atoms with Gasteiger partial charge in [-0.15, -0.1) is 0 Å². The molecule has 130 valence electrons. The number of guanidine groups is 1. The average Bonchev–Trinajstić information content (AvgIpc) is 2.88. The van der Waals surface area contributed by atoms with Crippen LogP contribution in [0.15, 0.2) is 33.7 Å². The SMILES string of the molecule is CCNC(=NCc1ccc(N(C)C)cc1)NCc1nc(C)c(C)o1. The molecule has 0 atom stereocenters. The maximum absolute atomic E-state index is 5.58. The molecule has 0 bridgehead atoms. The summed E-state index contributed by atoms with van der Waals surface area (Å²) in [5.41, 5.74) is 3.28. The van der Waals surface area contributed by atoms with Crippen LogP contribution in [-0.2, 0) is 13.1 Å². The lowest BCUT2D eigenvalue weighted by Gasteiger charge is -2.13. The maximum atomic E-state index is 5.58. The largest absolute Gasteiger partial charge is 0.444 e. The van der Waals surface area contributed by atoms with E-state index < -0.39 is 0 Å². The Morgan fingerprint density at radius 1 is 1.17 bits per heavy atom. The van der Waals surface area contributed by atoms with Crippen molar-refractivity contribution in [1.82, 2.24) is 15.6 Å². The van der Waals surface area contributed by atoms with Crippen molar-refractivity contribution in [3.63, 3.8) is 0 Å². The molecule has 2 N–H and O–H groups in total. The van der Waals surface area contributed by atoms with Crippen LogP contribution in [0, 0.1) is 13.8 Å². The molecule has 2 aromatic rings. The Morgan fingerprint density at radius 2 is 1.88 bits per heavy atom. The topological polar surface area (TPSA) is 65.7 Å². The van der Waals surface area contributed by atoms with E-state index in [4.69, 9.17) is 4.42 Å². The minimum absolute atomic E-state index is 0.514. The normalized spacial score (nSPS) is 11.5. The van der Waals surface area contributed by atoms with Gasteiger partial charge < -0.3 is 20.0 Å². The Bertz CT molecular complexity index is 654. The van der Waals surface area contributed by atoms with E-state index in [1.165, 1.54) is 11.3 Å². The Balaban J connectivity index is 1.96. The first-order valence-corrected chi connectivity index (χ1v) is 8.21. The second-order valence-electron chi connectivity index (χ2n) is 5.86. The highest BCUT2D eigenvalue weighted by Gasteiger charge is 2.06. The summed E-state index contributed by atoms with van der Waals surface area (Å²) in [5, 5.41) is 6.49.